The molecule has 2 bridgehead atoms. The quantitative estimate of drug-likeness (QED) is 0.762. The van der Waals surface area contributed by atoms with Crippen LogP contribution in [0, 0.1) is 5.82 Å². The van der Waals surface area contributed by atoms with E-state index in [0.717, 1.165) is 37.0 Å². The summed E-state index contributed by atoms with van der Waals surface area (Å²) in [7, 11) is 0. The number of benzene rings is 1. The molecule has 3 heterocycles. The minimum Gasteiger partial charge on any atom is -0.489 e. The zero-order valence-electron chi connectivity index (χ0n) is 15.0. The summed E-state index contributed by atoms with van der Waals surface area (Å²) in [6.45, 7) is 0. The summed E-state index contributed by atoms with van der Waals surface area (Å²) in [6, 6.07) is 8.99. The van der Waals surface area contributed by atoms with E-state index in [4.69, 9.17) is 16.3 Å². The van der Waals surface area contributed by atoms with Crippen molar-refractivity contribution < 1.29 is 13.9 Å². The van der Waals surface area contributed by atoms with Crippen LogP contribution in [0.1, 0.15) is 37.7 Å². The Bertz CT molecular complexity index is 803. The first-order chi connectivity index (χ1) is 13.1. The van der Waals surface area contributed by atoms with Crippen LogP contribution in [-0.2, 0) is 11.2 Å². The summed E-state index contributed by atoms with van der Waals surface area (Å²) in [5, 5.41) is 0.110. The number of rotatable bonds is 5. The Balaban J connectivity index is 1.34. The average Bonchev–Trinajstić information content (AvgIpc) is 2.94. The molecule has 6 heteroatoms. The molecule has 0 aliphatic carbocycles. The molecule has 1 aromatic carbocycles. The van der Waals surface area contributed by atoms with E-state index >= 15 is 0 Å². The monoisotopic (exact) mass is 388 g/mol. The number of hydrogen-bond donors (Lipinski definition) is 0. The third kappa shape index (κ3) is 4.08. The third-order valence-corrected chi connectivity index (χ3v) is 5.83. The van der Waals surface area contributed by atoms with Gasteiger partial charge in [0.25, 0.3) is 0 Å². The van der Waals surface area contributed by atoms with Crippen LogP contribution in [0.4, 0.5) is 4.39 Å². The van der Waals surface area contributed by atoms with E-state index in [2.05, 4.69) is 9.88 Å². The molecule has 2 saturated heterocycles. The number of hydrogen-bond acceptors (Lipinski definition) is 3. The smallest absolute Gasteiger partial charge is 0.223 e. The first-order valence-corrected chi connectivity index (χ1v) is 9.79. The van der Waals surface area contributed by atoms with Crippen molar-refractivity contribution in [1.82, 2.24) is 9.88 Å². The first kappa shape index (κ1) is 18.2. The van der Waals surface area contributed by atoms with Crippen LogP contribution in [0.5, 0.6) is 5.75 Å². The van der Waals surface area contributed by atoms with Gasteiger partial charge in [0.1, 0.15) is 17.7 Å². The van der Waals surface area contributed by atoms with Crippen molar-refractivity contribution in [3.05, 3.63) is 59.1 Å². The van der Waals surface area contributed by atoms with Crippen molar-refractivity contribution in [2.45, 2.75) is 56.7 Å². The molecule has 1 amide bonds. The first-order valence-electron chi connectivity index (χ1n) is 9.42. The molecule has 0 saturated carbocycles. The molecule has 2 atom stereocenters. The maximum atomic E-state index is 13.6. The standard InChI is InChI=1S/C21H22ClFN2O2/c22-19-7-3-14(10-20(19)23)4-8-21(26)25-15-5-6-16(25)12-18(11-15)27-17-2-1-9-24-13-17/h1-3,7,9-10,13,15-16,18H,4-6,8,11-12H2. The van der Waals surface area contributed by atoms with Gasteiger partial charge in [-0.15, -0.1) is 0 Å². The molecular weight excluding hydrogens is 367 g/mol. The fourth-order valence-electron chi connectivity index (χ4n) is 4.32. The number of aromatic nitrogens is 1. The lowest BCUT2D eigenvalue weighted by atomic mass is 9.98. The molecule has 4 nitrogen and oxygen atoms in total. The predicted molar refractivity (Wildman–Crippen MR) is 101 cm³/mol. The van der Waals surface area contributed by atoms with Crippen molar-refractivity contribution in [2.75, 3.05) is 0 Å². The van der Waals surface area contributed by atoms with Crippen LogP contribution in [0.15, 0.2) is 42.7 Å². The van der Waals surface area contributed by atoms with Crippen LogP contribution in [0.3, 0.4) is 0 Å². The van der Waals surface area contributed by atoms with Gasteiger partial charge in [0.05, 0.1) is 11.2 Å². The Kier molecular flexibility index (Phi) is 5.30. The molecule has 0 spiro atoms. The second kappa shape index (κ2) is 7.85. The Labute approximate surface area is 163 Å². The number of fused-ring (bicyclic) bond motifs is 2. The Morgan fingerprint density at radius 3 is 2.70 bits per heavy atom. The van der Waals surface area contributed by atoms with Gasteiger partial charge < -0.3 is 9.64 Å². The minimum absolute atomic E-state index is 0.110. The molecule has 2 fully saturated rings. The van der Waals surface area contributed by atoms with E-state index in [1.54, 1.807) is 24.5 Å². The Morgan fingerprint density at radius 1 is 1.26 bits per heavy atom. The summed E-state index contributed by atoms with van der Waals surface area (Å²) in [5.41, 5.74) is 0.799. The van der Waals surface area contributed by atoms with E-state index in [0.29, 0.717) is 12.8 Å². The topological polar surface area (TPSA) is 42.4 Å². The second-order valence-electron chi connectivity index (χ2n) is 7.33. The number of carbonyl (C=O) groups excluding carboxylic acids is 1. The second-order valence-corrected chi connectivity index (χ2v) is 7.74. The number of nitrogens with zero attached hydrogens (tertiary/aromatic N) is 2. The number of piperidine rings is 1. The fraction of sp³-hybridized carbons (Fsp3) is 0.429. The highest BCUT2D eigenvalue weighted by Crippen LogP contribution is 2.37. The summed E-state index contributed by atoms with van der Waals surface area (Å²) >= 11 is 5.72. The predicted octanol–water partition coefficient (Wildman–Crippen LogP) is 4.41. The van der Waals surface area contributed by atoms with Gasteiger partial charge in [-0.1, -0.05) is 17.7 Å². The number of ether oxygens (including phenoxy) is 1. The zero-order chi connectivity index (χ0) is 18.8. The fourth-order valence-corrected chi connectivity index (χ4v) is 4.43. The van der Waals surface area contributed by atoms with Crippen molar-refractivity contribution in [1.29, 1.82) is 0 Å². The molecule has 0 N–H and O–H groups in total. The van der Waals surface area contributed by atoms with Crippen LogP contribution in [0.25, 0.3) is 0 Å². The normalized spacial score (nSPS) is 24.1. The highest BCUT2D eigenvalue weighted by molar-refractivity contribution is 6.30. The Morgan fingerprint density at radius 2 is 2.04 bits per heavy atom. The zero-order valence-corrected chi connectivity index (χ0v) is 15.7. The summed E-state index contributed by atoms with van der Waals surface area (Å²) in [4.78, 5) is 18.9. The summed E-state index contributed by atoms with van der Waals surface area (Å²) < 4.78 is 19.6. The number of halogens is 2. The van der Waals surface area contributed by atoms with Gasteiger partial charge >= 0.3 is 0 Å². The van der Waals surface area contributed by atoms with Crippen molar-refractivity contribution in [3.8, 4) is 5.75 Å². The highest BCUT2D eigenvalue weighted by Gasteiger charge is 2.43. The summed E-state index contributed by atoms with van der Waals surface area (Å²) in [5.74, 6) is 0.499. The van der Waals surface area contributed by atoms with Gasteiger partial charge in [0.2, 0.25) is 5.91 Å². The molecule has 0 radical (unpaired) electrons. The van der Waals surface area contributed by atoms with Crippen LogP contribution in [0.2, 0.25) is 5.02 Å². The maximum Gasteiger partial charge on any atom is 0.223 e. The summed E-state index contributed by atoms with van der Waals surface area (Å²) in [6.07, 6.45) is 8.26. The van der Waals surface area contributed by atoms with Gasteiger partial charge in [-0.25, -0.2) is 4.39 Å². The van der Waals surface area contributed by atoms with Crippen LogP contribution in [-0.4, -0.2) is 34.0 Å². The van der Waals surface area contributed by atoms with Crippen molar-refractivity contribution in [3.63, 3.8) is 0 Å². The van der Waals surface area contributed by atoms with Gasteiger partial charge in [-0.05, 0) is 49.1 Å². The maximum absolute atomic E-state index is 13.6. The number of amides is 1. The van der Waals surface area contributed by atoms with E-state index < -0.39 is 5.82 Å². The molecular formula is C21H22ClFN2O2. The minimum atomic E-state index is -0.435. The molecule has 1 aromatic heterocycles. The molecule has 27 heavy (non-hydrogen) atoms. The lowest BCUT2D eigenvalue weighted by Crippen LogP contribution is -2.49. The van der Waals surface area contributed by atoms with Gasteiger partial charge in [-0.2, -0.15) is 0 Å². The average molecular weight is 389 g/mol. The van der Waals surface area contributed by atoms with Crippen LogP contribution < -0.4 is 4.74 Å². The largest absolute Gasteiger partial charge is 0.489 e. The van der Waals surface area contributed by atoms with Crippen molar-refractivity contribution >= 4 is 17.5 Å². The van der Waals surface area contributed by atoms with Crippen molar-refractivity contribution in [2.24, 2.45) is 0 Å². The van der Waals surface area contributed by atoms with E-state index in [1.165, 1.54) is 6.07 Å². The van der Waals surface area contributed by atoms with Gasteiger partial charge in [0, 0.05) is 37.5 Å². The van der Waals surface area contributed by atoms with Crippen LogP contribution >= 0.6 is 11.6 Å². The molecule has 2 unspecified atom stereocenters. The number of carbonyl (C=O) groups is 1. The SMILES string of the molecule is O=C(CCc1ccc(Cl)c(F)c1)N1C2CCC1CC(Oc1cccnc1)C2. The van der Waals surface area contributed by atoms with E-state index in [-0.39, 0.29) is 29.1 Å². The molecule has 2 aliphatic rings. The van der Waals surface area contributed by atoms with Gasteiger partial charge in [-0.3, -0.25) is 9.78 Å². The number of pyridine rings is 1. The van der Waals surface area contributed by atoms with E-state index in [9.17, 15) is 9.18 Å². The lowest BCUT2D eigenvalue weighted by Gasteiger charge is -2.39. The highest BCUT2D eigenvalue weighted by atomic mass is 35.5. The molecule has 2 aromatic rings. The molecule has 4 rings (SSSR count). The number of aryl methyl sites for hydroxylation is 1. The Hall–Kier alpha value is -2.14. The lowest BCUT2D eigenvalue weighted by molar-refractivity contribution is -0.137. The third-order valence-electron chi connectivity index (χ3n) is 5.53. The molecule has 2 aliphatic heterocycles. The van der Waals surface area contributed by atoms with E-state index in [1.807, 2.05) is 12.1 Å². The van der Waals surface area contributed by atoms with Gasteiger partial charge in [0.15, 0.2) is 0 Å². The molecule has 142 valence electrons.